The van der Waals surface area contributed by atoms with Gasteiger partial charge in [-0.15, -0.1) is 35.3 Å². The summed E-state index contributed by atoms with van der Waals surface area (Å²) in [6, 6.07) is 0. The maximum absolute atomic E-state index is 4.55. The Hall–Kier alpha value is -0.370. The van der Waals surface area contributed by atoms with Gasteiger partial charge in [0, 0.05) is 18.5 Å². The molecule has 1 aliphatic carbocycles. The first-order valence-electron chi connectivity index (χ1n) is 8.46. The van der Waals surface area contributed by atoms with Crippen LogP contribution in [0.4, 0.5) is 0 Å². The SMILES string of the molecule is CN=C(NCCC1CCCC(C)C1)NCc1nc(C)c(C)s1.I. The van der Waals surface area contributed by atoms with Gasteiger partial charge in [0.2, 0.25) is 0 Å². The third kappa shape index (κ3) is 6.95. The van der Waals surface area contributed by atoms with Gasteiger partial charge in [-0.3, -0.25) is 4.99 Å². The van der Waals surface area contributed by atoms with Crippen LogP contribution in [0.25, 0.3) is 0 Å². The lowest BCUT2D eigenvalue weighted by Gasteiger charge is -2.26. The lowest BCUT2D eigenvalue weighted by atomic mass is 9.81. The average molecular weight is 450 g/mol. The van der Waals surface area contributed by atoms with Gasteiger partial charge in [0.25, 0.3) is 0 Å². The number of nitrogens with zero attached hydrogens (tertiary/aromatic N) is 2. The second kappa shape index (κ2) is 10.5. The highest BCUT2D eigenvalue weighted by atomic mass is 127. The van der Waals surface area contributed by atoms with E-state index in [9.17, 15) is 0 Å². The molecular formula is C17H31IN4S. The highest BCUT2D eigenvalue weighted by Crippen LogP contribution is 2.30. The van der Waals surface area contributed by atoms with Crippen molar-refractivity contribution in [2.75, 3.05) is 13.6 Å². The zero-order valence-electron chi connectivity index (χ0n) is 14.8. The van der Waals surface area contributed by atoms with Crippen LogP contribution in [0.1, 0.15) is 54.6 Å². The zero-order chi connectivity index (χ0) is 15.9. The Morgan fingerprint density at radius 2 is 2.09 bits per heavy atom. The van der Waals surface area contributed by atoms with E-state index >= 15 is 0 Å². The monoisotopic (exact) mass is 450 g/mol. The predicted octanol–water partition coefficient (Wildman–Crippen LogP) is 4.26. The standard InChI is InChI=1S/C17H30N4S.HI/c1-12-6-5-7-15(10-12)8-9-19-17(18-4)20-11-16-21-13(2)14(3)22-16;/h12,15H,5-11H2,1-4H3,(H2,18,19,20);1H. The van der Waals surface area contributed by atoms with Gasteiger partial charge < -0.3 is 10.6 Å². The molecule has 0 radical (unpaired) electrons. The molecule has 2 unspecified atom stereocenters. The summed E-state index contributed by atoms with van der Waals surface area (Å²) in [7, 11) is 1.83. The van der Waals surface area contributed by atoms with Crippen LogP contribution in [0.5, 0.6) is 0 Å². The Kier molecular flexibility index (Phi) is 9.43. The summed E-state index contributed by atoms with van der Waals surface area (Å²) in [6.45, 7) is 8.33. The third-order valence-corrected chi connectivity index (χ3v) is 5.67. The Morgan fingerprint density at radius 3 is 2.70 bits per heavy atom. The van der Waals surface area contributed by atoms with E-state index < -0.39 is 0 Å². The van der Waals surface area contributed by atoms with Crippen molar-refractivity contribution in [2.45, 2.75) is 59.4 Å². The van der Waals surface area contributed by atoms with Crippen LogP contribution in [-0.2, 0) is 6.54 Å². The average Bonchev–Trinajstić information content (AvgIpc) is 2.81. The second-order valence-electron chi connectivity index (χ2n) is 6.53. The molecule has 0 amide bonds. The minimum absolute atomic E-state index is 0. The molecule has 0 spiro atoms. The molecule has 132 valence electrons. The Morgan fingerprint density at radius 1 is 1.30 bits per heavy atom. The molecule has 23 heavy (non-hydrogen) atoms. The molecule has 4 nitrogen and oxygen atoms in total. The van der Waals surface area contributed by atoms with Crippen LogP contribution in [0.15, 0.2) is 4.99 Å². The molecular weight excluding hydrogens is 419 g/mol. The number of nitrogens with one attached hydrogen (secondary N) is 2. The van der Waals surface area contributed by atoms with Gasteiger partial charge in [0.15, 0.2) is 5.96 Å². The van der Waals surface area contributed by atoms with Crippen molar-refractivity contribution in [2.24, 2.45) is 16.8 Å². The van der Waals surface area contributed by atoms with Crippen molar-refractivity contribution in [3.05, 3.63) is 15.6 Å². The summed E-state index contributed by atoms with van der Waals surface area (Å²) in [5.41, 5.74) is 1.14. The van der Waals surface area contributed by atoms with Gasteiger partial charge in [-0.05, 0) is 38.5 Å². The largest absolute Gasteiger partial charge is 0.356 e. The second-order valence-corrected chi connectivity index (χ2v) is 7.82. The van der Waals surface area contributed by atoms with E-state index in [0.29, 0.717) is 0 Å². The Bertz CT molecular complexity index is 481. The molecule has 0 bridgehead atoms. The normalized spacial score (nSPS) is 21.7. The molecule has 0 saturated heterocycles. The van der Waals surface area contributed by atoms with E-state index in [-0.39, 0.29) is 24.0 Å². The van der Waals surface area contributed by atoms with Gasteiger partial charge in [0.1, 0.15) is 5.01 Å². The van der Waals surface area contributed by atoms with Crippen molar-refractivity contribution in [3.63, 3.8) is 0 Å². The maximum Gasteiger partial charge on any atom is 0.191 e. The summed E-state index contributed by atoms with van der Waals surface area (Å²) in [4.78, 5) is 10.2. The van der Waals surface area contributed by atoms with Crippen LogP contribution < -0.4 is 10.6 Å². The molecule has 1 heterocycles. The first-order valence-corrected chi connectivity index (χ1v) is 9.27. The van der Waals surface area contributed by atoms with E-state index in [1.165, 1.54) is 37.0 Å². The number of aryl methyl sites for hydroxylation is 2. The first-order chi connectivity index (χ1) is 10.6. The van der Waals surface area contributed by atoms with E-state index in [1.807, 2.05) is 7.05 Å². The number of aliphatic imine (C=N–C) groups is 1. The third-order valence-electron chi connectivity index (χ3n) is 4.59. The molecule has 1 aromatic heterocycles. The van der Waals surface area contributed by atoms with Crippen molar-refractivity contribution >= 4 is 41.3 Å². The van der Waals surface area contributed by atoms with Crippen molar-refractivity contribution < 1.29 is 0 Å². The lowest BCUT2D eigenvalue weighted by molar-refractivity contribution is 0.270. The molecule has 0 aliphatic heterocycles. The number of thiazole rings is 1. The summed E-state index contributed by atoms with van der Waals surface area (Å²) in [5, 5.41) is 7.92. The summed E-state index contributed by atoms with van der Waals surface area (Å²) in [6.07, 6.45) is 6.86. The Balaban J connectivity index is 0.00000264. The number of rotatable bonds is 5. The van der Waals surface area contributed by atoms with E-state index in [2.05, 4.69) is 41.4 Å². The first kappa shape index (κ1) is 20.7. The van der Waals surface area contributed by atoms with E-state index in [0.717, 1.165) is 41.6 Å². The van der Waals surface area contributed by atoms with Crippen LogP contribution in [0.3, 0.4) is 0 Å². The molecule has 6 heteroatoms. The minimum atomic E-state index is 0. The number of guanidine groups is 1. The zero-order valence-corrected chi connectivity index (χ0v) is 18.0. The van der Waals surface area contributed by atoms with Gasteiger partial charge in [-0.25, -0.2) is 4.98 Å². The van der Waals surface area contributed by atoms with E-state index in [4.69, 9.17) is 0 Å². The molecule has 2 N–H and O–H groups in total. The summed E-state index contributed by atoms with van der Waals surface area (Å²) in [5.74, 6) is 2.68. The smallest absolute Gasteiger partial charge is 0.191 e. The topological polar surface area (TPSA) is 49.3 Å². The highest BCUT2D eigenvalue weighted by molar-refractivity contribution is 14.0. The quantitative estimate of drug-likeness (QED) is 0.401. The fraction of sp³-hybridized carbons (Fsp3) is 0.765. The van der Waals surface area contributed by atoms with E-state index in [1.54, 1.807) is 11.3 Å². The lowest BCUT2D eigenvalue weighted by Crippen LogP contribution is -2.38. The number of aromatic nitrogens is 1. The number of hydrogen-bond donors (Lipinski definition) is 2. The van der Waals surface area contributed by atoms with Crippen molar-refractivity contribution in [3.8, 4) is 0 Å². The van der Waals surface area contributed by atoms with Crippen LogP contribution in [-0.4, -0.2) is 24.5 Å². The molecule has 1 aromatic rings. The van der Waals surface area contributed by atoms with Gasteiger partial charge in [-0.2, -0.15) is 0 Å². The summed E-state index contributed by atoms with van der Waals surface area (Å²) < 4.78 is 0. The van der Waals surface area contributed by atoms with Gasteiger partial charge in [0.05, 0.1) is 12.2 Å². The Labute approximate surface area is 162 Å². The summed E-state index contributed by atoms with van der Waals surface area (Å²) >= 11 is 1.76. The van der Waals surface area contributed by atoms with Crippen LogP contribution in [0.2, 0.25) is 0 Å². The fourth-order valence-electron chi connectivity index (χ4n) is 3.21. The van der Waals surface area contributed by atoms with Crippen molar-refractivity contribution in [1.29, 1.82) is 0 Å². The molecule has 2 atom stereocenters. The fourth-order valence-corrected chi connectivity index (χ4v) is 4.09. The minimum Gasteiger partial charge on any atom is -0.356 e. The highest BCUT2D eigenvalue weighted by Gasteiger charge is 2.18. The maximum atomic E-state index is 4.55. The molecule has 1 fully saturated rings. The number of halogens is 1. The number of hydrogen-bond acceptors (Lipinski definition) is 3. The van der Waals surface area contributed by atoms with Gasteiger partial charge >= 0.3 is 0 Å². The van der Waals surface area contributed by atoms with Crippen molar-refractivity contribution in [1.82, 2.24) is 15.6 Å². The molecule has 0 aromatic carbocycles. The van der Waals surface area contributed by atoms with Crippen LogP contribution in [0, 0.1) is 25.7 Å². The molecule has 2 rings (SSSR count). The predicted molar refractivity (Wildman–Crippen MR) is 111 cm³/mol. The molecule has 1 aliphatic rings. The van der Waals surface area contributed by atoms with Gasteiger partial charge in [-0.1, -0.05) is 26.2 Å². The van der Waals surface area contributed by atoms with Crippen LogP contribution >= 0.6 is 35.3 Å². The molecule has 1 saturated carbocycles.